The fourth-order valence-electron chi connectivity index (χ4n) is 4.45. The maximum atomic E-state index is 14.4. The zero-order chi connectivity index (χ0) is 29.0. The van der Waals surface area contributed by atoms with Gasteiger partial charge in [-0.25, -0.2) is 0 Å². The van der Waals surface area contributed by atoms with Crippen molar-refractivity contribution in [2.45, 2.75) is 56.8 Å². The Bertz CT molecular complexity index is 1160. The van der Waals surface area contributed by atoms with Gasteiger partial charge in [0.2, 0.25) is 0 Å². The summed E-state index contributed by atoms with van der Waals surface area (Å²) in [7, 11) is 0. The molecule has 0 aliphatic heterocycles. The number of aliphatic hydroxyl groups excluding tert-OH is 2. The molecule has 11 heteroatoms. The first-order chi connectivity index (χ1) is 19.1. The number of hydrogen-bond acceptors (Lipinski definition) is 8. The number of carbonyl (C=O) groups is 1. The monoisotopic (exact) mass is 561 g/mol. The SMILES string of the molecule is O=C(CCC/C=C\C[C@@H]1[C@@H](/C=C/C(F)(F)COc2ccccc2)[C@H](O)C[C@@H]1O)Oc1cccc(CO[N+](=O)[O-])c1. The van der Waals surface area contributed by atoms with Gasteiger partial charge >= 0.3 is 5.97 Å². The Labute approximate surface area is 230 Å². The topological polar surface area (TPSA) is 128 Å². The summed E-state index contributed by atoms with van der Waals surface area (Å²) in [5.74, 6) is -4.18. The molecular formula is C29H33F2NO8. The van der Waals surface area contributed by atoms with Crippen LogP contribution in [0, 0.1) is 22.0 Å². The smallest absolute Gasteiger partial charge is 0.311 e. The molecule has 216 valence electrons. The Morgan fingerprint density at radius 1 is 1.07 bits per heavy atom. The normalized spacial score (nSPS) is 21.1. The summed E-state index contributed by atoms with van der Waals surface area (Å²) in [4.78, 5) is 26.7. The number of para-hydroxylation sites is 1. The van der Waals surface area contributed by atoms with Crippen molar-refractivity contribution in [3.05, 3.63) is 94.6 Å². The van der Waals surface area contributed by atoms with Gasteiger partial charge in [-0.15, -0.1) is 10.1 Å². The number of halogens is 2. The molecule has 0 bridgehead atoms. The van der Waals surface area contributed by atoms with E-state index in [0.29, 0.717) is 30.6 Å². The summed E-state index contributed by atoms with van der Waals surface area (Å²) in [5.41, 5.74) is 0.488. The van der Waals surface area contributed by atoms with E-state index in [0.717, 1.165) is 6.08 Å². The molecule has 2 N–H and O–H groups in total. The number of carbonyl (C=O) groups excluding carboxylic acids is 1. The van der Waals surface area contributed by atoms with Crippen molar-refractivity contribution >= 4 is 5.97 Å². The van der Waals surface area contributed by atoms with E-state index < -0.39 is 47.6 Å². The number of aliphatic hydroxyl groups is 2. The summed E-state index contributed by atoms with van der Waals surface area (Å²) in [6.45, 7) is -1.09. The van der Waals surface area contributed by atoms with Crippen LogP contribution in [0.4, 0.5) is 8.78 Å². The molecule has 0 heterocycles. The number of hydrogen-bond donors (Lipinski definition) is 2. The van der Waals surface area contributed by atoms with E-state index in [1.807, 2.05) is 12.2 Å². The van der Waals surface area contributed by atoms with Crippen molar-refractivity contribution in [1.29, 1.82) is 0 Å². The highest BCUT2D eigenvalue weighted by Crippen LogP contribution is 2.37. The lowest BCUT2D eigenvalue weighted by Gasteiger charge is -2.20. The lowest BCUT2D eigenvalue weighted by Crippen LogP contribution is -2.25. The number of rotatable bonds is 15. The first-order valence-corrected chi connectivity index (χ1v) is 13.0. The van der Waals surface area contributed by atoms with Gasteiger partial charge in [0.25, 0.3) is 11.0 Å². The quantitative estimate of drug-likeness (QED) is 0.0773. The van der Waals surface area contributed by atoms with Gasteiger partial charge in [-0.1, -0.05) is 48.6 Å². The highest BCUT2D eigenvalue weighted by atomic mass is 19.3. The third kappa shape index (κ3) is 10.4. The summed E-state index contributed by atoms with van der Waals surface area (Å²) in [6.07, 6.45) is 5.54. The van der Waals surface area contributed by atoms with Gasteiger partial charge in [0.1, 0.15) is 18.1 Å². The van der Waals surface area contributed by atoms with Crippen LogP contribution in [-0.4, -0.2) is 46.0 Å². The van der Waals surface area contributed by atoms with Gasteiger partial charge in [0, 0.05) is 18.8 Å². The van der Waals surface area contributed by atoms with Crippen LogP contribution in [-0.2, 0) is 16.2 Å². The summed E-state index contributed by atoms with van der Waals surface area (Å²) >= 11 is 0. The maximum absolute atomic E-state index is 14.4. The summed E-state index contributed by atoms with van der Waals surface area (Å²) in [6, 6.07) is 14.5. The predicted octanol–water partition coefficient (Wildman–Crippen LogP) is 5.05. The number of unbranched alkanes of at least 4 members (excludes halogenated alkanes) is 1. The average Bonchev–Trinajstić information content (AvgIpc) is 3.19. The molecule has 1 saturated carbocycles. The zero-order valence-corrected chi connectivity index (χ0v) is 21.8. The molecular weight excluding hydrogens is 528 g/mol. The first kappa shape index (κ1) is 30.7. The Morgan fingerprint density at radius 3 is 2.58 bits per heavy atom. The molecule has 3 rings (SSSR count). The molecule has 0 radical (unpaired) electrons. The highest BCUT2D eigenvalue weighted by molar-refractivity contribution is 5.72. The van der Waals surface area contributed by atoms with Crippen LogP contribution in [0.5, 0.6) is 11.5 Å². The van der Waals surface area contributed by atoms with Crippen LogP contribution < -0.4 is 9.47 Å². The van der Waals surface area contributed by atoms with E-state index >= 15 is 0 Å². The van der Waals surface area contributed by atoms with Crippen LogP contribution in [0.15, 0.2) is 78.9 Å². The maximum Gasteiger partial charge on any atom is 0.311 e. The fourth-order valence-corrected chi connectivity index (χ4v) is 4.45. The van der Waals surface area contributed by atoms with Crippen LogP contribution in [0.25, 0.3) is 0 Å². The largest absolute Gasteiger partial charge is 0.487 e. The van der Waals surface area contributed by atoms with Gasteiger partial charge in [-0.05, 0) is 61.1 Å². The second kappa shape index (κ2) is 15.1. The third-order valence-electron chi connectivity index (χ3n) is 6.45. The Kier molecular flexibility index (Phi) is 11.6. The minimum Gasteiger partial charge on any atom is -0.487 e. The van der Waals surface area contributed by atoms with Crippen LogP contribution in [0.2, 0.25) is 0 Å². The van der Waals surface area contributed by atoms with E-state index in [1.54, 1.807) is 48.5 Å². The number of benzene rings is 2. The molecule has 0 unspecified atom stereocenters. The standard InChI is InChI=1S/C29H33F2NO8/c30-29(31,20-38-22-10-4-3-5-11-22)16-15-25-24(26(33)18-27(25)34)13-6-1-2-7-14-28(35)40-23-12-8-9-21(17-23)19-39-32(36)37/h1,3-6,8-12,15-17,24-27,33-34H,2,7,13-14,18-20H2/b6-1-,16-15+/t24-,25-,26+,27-/m1/s1. The molecule has 1 aliphatic rings. The zero-order valence-electron chi connectivity index (χ0n) is 21.8. The van der Waals surface area contributed by atoms with Crippen LogP contribution in [0.1, 0.15) is 37.7 Å². The highest BCUT2D eigenvalue weighted by Gasteiger charge is 2.40. The fraction of sp³-hybridized carbons (Fsp3) is 0.414. The molecule has 1 fully saturated rings. The minimum atomic E-state index is -3.25. The summed E-state index contributed by atoms with van der Waals surface area (Å²) in [5, 5.41) is 30.1. The van der Waals surface area contributed by atoms with Crippen molar-refractivity contribution in [3.8, 4) is 11.5 Å². The van der Waals surface area contributed by atoms with Crippen LogP contribution >= 0.6 is 0 Å². The van der Waals surface area contributed by atoms with Crippen LogP contribution in [0.3, 0.4) is 0 Å². The number of ether oxygens (including phenoxy) is 2. The Hall–Kier alpha value is -3.83. The molecule has 40 heavy (non-hydrogen) atoms. The molecule has 2 aromatic rings. The second-order valence-corrected chi connectivity index (χ2v) is 9.55. The number of nitrogens with zero attached hydrogens (tertiary/aromatic N) is 1. The molecule has 1 aliphatic carbocycles. The molecule has 0 saturated heterocycles. The molecule has 9 nitrogen and oxygen atoms in total. The molecule has 2 aromatic carbocycles. The van der Waals surface area contributed by atoms with Gasteiger partial charge in [-0.3, -0.25) is 4.79 Å². The van der Waals surface area contributed by atoms with Crippen molar-refractivity contribution < 1.29 is 43.2 Å². The number of esters is 1. The van der Waals surface area contributed by atoms with E-state index in [-0.39, 0.29) is 25.2 Å². The van der Waals surface area contributed by atoms with E-state index in [4.69, 9.17) is 9.47 Å². The Morgan fingerprint density at radius 2 is 1.82 bits per heavy atom. The number of alkyl halides is 2. The number of allylic oxidation sites excluding steroid dienone is 2. The lowest BCUT2D eigenvalue weighted by atomic mass is 9.89. The lowest BCUT2D eigenvalue weighted by molar-refractivity contribution is -0.763. The second-order valence-electron chi connectivity index (χ2n) is 9.55. The first-order valence-electron chi connectivity index (χ1n) is 13.0. The van der Waals surface area contributed by atoms with Gasteiger partial charge in [0.15, 0.2) is 6.61 Å². The van der Waals surface area contributed by atoms with Crippen molar-refractivity contribution in [2.24, 2.45) is 11.8 Å². The molecule has 0 spiro atoms. The molecule has 0 amide bonds. The van der Waals surface area contributed by atoms with Crippen molar-refractivity contribution in [3.63, 3.8) is 0 Å². The van der Waals surface area contributed by atoms with Crippen molar-refractivity contribution in [1.82, 2.24) is 0 Å². The van der Waals surface area contributed by atoms with E-state index in [9.17, 15) is 33.9 Å². The van der Waals surface area contributed by atoms with E-state index in [2.05, 4.69) is 4.84 Å². The molecule has 0 aromatic heterocycles. The average molecular weight is 562 g/mol. The Balaban J connectivity index is 1.41. The third-order valence-corrected chi connectivity index (χ3v) is 6.45. The van der Waals surface area contributed by atoms with E-state index in [1.165, 1.54) is 12.1 Å². The minimum absolute atomic E-state index is 0.102. The predicted molar refractivity (Wildman–Crippen MR) is 141 cm³/mol. The summed E-state index contributed by atoms with van der Waals surface area (Å²) < 4.78 is 39.1. The van der Waals surface area contributed by atoms with Crippen molar-refractivity contribution in [2.75, 3.05) is 6.61 Å². The van der Waals surface area contributed by atoms with Gasteiger partial charge in [-0.2, -0.15) is 8.78 Å². The van der Waals surface area contributed by atoms with Gasteiger partial charge < -0.3 is 24.5 Å². The molecule has 4 atom stereocenters. The van der Waals surface area contributed by atoms with Gasteiger partial charge in [0.05, 0.1) is 12.2 Å².